The quantitative estimate of drug-likeness (QED) is 0.00873. The van der Waals surface area contributed by atoms with Gasteiger partial charge in [-0.2, -0.15) is 0 Å². The number of carbonyl (C=O) groups excluding carboxylic acids is 6. The third-order valence-corrected chi connectivity index (χ3v) is 14.4. The van der Waals surface area contributed by atoms with Gasteiger partial charge in [-0.1, -0.05) is 50.2 Å². The zero-order chi connectivity index (χ0) is 65.3. The van der Waals surface area contributed by atoms with Gasteiger partial charge in [0, 0.05) is 122 Å². The van der Waals surface area contributed by atoms with E-state index in [0.29, 0.717) is 66.4 Å². The van der Waals surface area contributed by atoms with Crippen molar-refractivity contribution in [3.8, 4) is 28.2 Å². The van der Waals surface area contributed by atoms with Crippen LogP contribution in [0, 0.1) is 5.92 Å². The topological polar surface area (TPSA) is 414 Å². The molecule has 25 nitrogen and oxygen atoms in total. The number of thiocarbonyl (C=S) groups is 1. The van der Waals surface area contributed by atoms with Crippen LogP contribution in [-0.2, 0) is 40.0 Å². The number of aliphatic carboxylic acids is 1. The minimum Gasteiger partial charge on any atom is -0.508 e. The van der Waals surface area contributed by atoms with E-state index in [4.69, 9.17) is 33.8 Å². The summed E-state index contributed by atoms with van der Waals surface area (Å²) in [6.07, 6.45) is 1.33. The molecule has 1 aliphatic carbocycles. The Balaban J connectivity index is 1.17. The molecular weight excluding hydrogens is 1160 g/mol. The van der Waals surface area contributed by atoms with Crippen molar-refractivity contribution in [2.45, 2.75) is 160 Å². The summed E-state index contributed by atoms with van der Waals surface area (Å²) in [7, 11) is 0. The van der Waals surface area contributed by atoms with Gasteiger partial charge in [-0.3, -0.25) is 43.3 Å². The van der Waals surface area contributed by atoms with E-state index in [2.05, 4.69) is 47.5 Å². The average molecular weight is 1250 g/mol. The first-order chi connectivity index (χ1) is 42.2. The highest BCUT2D eigenvalue weighted by molar-refractivity contribution is 7.80. The molecule has 89 heavy (non-hydrogen) atoms. The van der Waals surface area contributed by atoms with Crippen molar-refractivity contribution in [1.29, 1.82) is 0 Å². The van der Waals surface area contributed by atoms with E-state index in [0.717, 1.165) is 5.56 Å². The smallest absolute Gasteiger partial charge is 0.336 e. The number of phenols is 1. The molecule has 0 saturated carbocycles. The lowest BCUT2D eigenvalue weighted by Crippen LogP contribution is -2.47. The number of hydrogen-bond donors (Lipinski definition) is 14. The number of carboxylic acid groups (broad SMARTS) is 2. The van der Waals surface area contributed by atoms with Crippen LogP contribution in [-0.4, -0.2) is 129 Å². The van der Waals surface area contributed by atoms with Crippen LogP contribution >= 0.6 is 12.2 Å². The highest BCUT2D eigenvalue weighted by atomic mass is 32.1. The Morgan fingerprint density at radius 1 is 0.596 bits per heavy atom. The average Bonchev–Trinajstić information content (AvgIpc) is 1.05. The van der Waals surface area contributed by atoms with Crippen molar-refractivity contribution in [2.75, 3.05) is 18.4 Å². The summed E-state index contributed by atoms with van der Waals surface area (Å²) in [6.45, 7) is 9.47. The number of aliphatic imine (C=N–C) groups is 1. The Bertz CT molecular complexity index is 3340. The molecule has 2 aliphatic rings. The largest absolute Gasteiger partial charge is 0.508 e. The number of nitrogens with zero attached hydrogens (tertiary/aromatic N) is 1. The van der Waals surface area contributed by atoms with E-state index in [1.165, 1.54) is 30.3 Å². The number of aromatic hydroxyl groups is 1. The predicted molar refractivity (Wildman–Crippen MR) is 343 cm³/mol. The third-order valence-electron chi connectivity index (χ3n) is 14.1. The number of benzene rings is 4. The molecule has 1 aliphatic heterocycles. The molecule has 6 amide bonds. The number of amides is 6. The van der Waals surface area contributed by atoms with Gasteiger partial charge in [-0.15, -0.1) is 0 Å². The zero-order valence-corrected chi connectivity index (χ0v) is 51.6. The van der Waals surface area contributed by atoms with Crippen LogP contribution in [0.4, 0.5) is 5.69 Å². The van der Waals surface area contributed by atoms with Gasteiger partial charge in [-0.05, 0) is 132 Å². The molecule has 0 bridgehead atoms. The lowest BCUT2D eigenvalue weighted by molar-refractivity contribution is -0.138. The summed E-state index contributed by atoms with van der Waals surface area (Å²) in [4.78, 5) is 121. The van der Waals surface area contributed by atoms with Gasteiger partial charge < -0.3 is 79.5 Å². The van der Waals surface area contributed by atoms with Crippen LogP contribution in [0.3, 0.4) is 0 Å². The van der Waals surface area contributed by atoms with Crippen molar-refractivity contribution in [3.63, 3.8) is 0 Å². The normalized spacial score (nSPS) is 13.5. The molecule has 0 saturated heterocycles. The molecule has 0 spiro atoms. The van der Waals surface area contributed by atoms with E-state index in [1.54, 1.807) is 45.0 Å². The van der Waals surface area contributed by atoms with Gasteiger partial charge in [0.05, 0.1) is 12.0 Å². The number of anilines is 1. The molecule has 0 radical (unpaired) electrons. The van der Waals surface area contributed by atoms with Gasteiger partial charge in [0.15, 0.2) is 16.5 Å². The van der Waals surface area contributed by atoms with Crippen molar-refractivity contribution in [2.24, 2.45) is 28.1 Å². The maximum absolute atomic E-state index is 13.9. The highest BCUT2D eigenvalue weighted by Gasteiger charge is 2.27. The fourth-order valence-electron chi connectivity index (χ4n) is 10.4. The Morgan fingerprint density at radius 3 is 1.74 bits per heavy atom. The minimum absolute atomic E-state index is 0.0445. The minimum atomic E-state index is -1.26. The van der Waals surface area contributed by atoms with Gasteiger partial charge in [0.2, 0.25) is 35.4 Å². The van der Waals surface area contributed by atoms with Crippen molar-refractivity contribution >= 4 is 87.3 Å². The van der Waals surface area contributed by atoms with E-state index < -0.39 is 89.7 Å². The molecule has 0 unspecified atom stereocenters. The molecule has 3 aromatic carbocycles. The molecule has 0 fully saturated rings. The number of rotatable bonds is 35. The number of nitrogens with two attached hydrogens (primary N) is 3. The Morgan fingerprint density at radius 2 is 1.13 bits per heavy atom. The SMILES string of the molecule is CC(C)C[C@H](CC(=O)N[C@H](CC(=O)N[C@@H](C)CC(=O)N[C@@H](C)CC(=O)N[C@@H](CCCN)CC(=O)O)Cc1ccccc1)NC(=O)C[C@H](CCCN=C(N)N)NC(=O)C[C@H](C)NC(=S)Nc1ccc(-c2c3ccc(=O)cc-3oc3cc(O)ccc23)c(C(=O)O)c1. The molecule has 17 N–H and O–H groups in total. The van der Waals surface area contributed by atoms with Gasteiger partial charge in [0.1, 0.15) is 17.1 Å². The number of nitrogens with one attached hydrogen (secondary N) is 8. The van der Waals surface area contributed by atoms with Crippen LogP contribution in [0.15, 0.2) is 99.1 Å². The molecule has 3 aromatic rings. The first-order valence-electron chi connectivity index (χ1n) is 29.7. The number of carboxylic acids is 2. The fraction of sp³-hybridized carbons (Fsp3) is 0.444. The number of guanidine groups is 1. The highest BCUT2D eigenvalue weighted by Crippen LogP contribution is 2.42. The third kappa shape index (κ3) is 24.9. The van der Waals surface area contributed by atoms with Crippen molar-refractivity contribution in [1.82, 2.24) is 37.2 Å². The molecule has 5 rings (SSSR count). The van der Waals surface area contributed by atoms with E-state index >= 15 is 0 Å². The molecular formula is C63H84N12O13S. The number of hydrogen-bond acceptors (Lipinski definition) is 14. The van der Waals surface area contributed by atoms with Crippen LogP contribution in [0.2, 0.25) is 0 Å². The number of aromatic carboxylic acids is 1. The maximum atomic E-state index is 13.9. The van der Waals surface area contributed by atoms with Gasteiger partial charge in [-0.25, -0.2) is 4.79 Å². The Hall–Kier alpha value is -9.17. The molecule has 1 heterocycles. The zero-order valence-electron chi connectivity index (χ0n) is 50.8. The fourth-order valence-corrected chi connectivity index (χ4v) is 10.8. The Labute approximate surface area is 521 Å². The van der Waals surface area contributed by atoms with Crippen molar-refractivity contribution < 1.29 is 58.1 Å². The van der Waals surface area contributed by atoms with Gasteiger partial charge in [0.25, 0.3) is 0 Å². The summed E-state index contributed by atoms with van der Waals surface area (Å²) >= 11 is 5.59. The standard InChI is InChI=1S/C63H84N12O13S/c1-35(2)23-43(30-58(83)74-44(27-39-11-7-6-8-12-39)31-56(81)69-36(3)24-53(78)68-37(4)25-54(79)72-41(13-9-21-64)32-59(84)85)73-57(82)29-40(14-10-22-67-62(65)66)71-55(80)26-38(5)70-63(89)75-42-15-18-47(50(28-42)61(86)87)60-48-19-16-45(76)33-51(48)88-52-34-46(77)17-20-49(52)60/h6-8,11-12,15-20,28,33-38,40-41,43-44,76H,9-10,13-14,21-27,29-32,64H2,1-5H3,(H,68,78)(H,69,81)(H,71,80)(H,72,79)(H,73,82)(H,74,83)(H,84,85)(H,86,87)(H4,65,66,67)(H2,70,75,89)/t36-,37-,38-,40-,41-,43+,44-/m0/s1. The monoisotopic (exact) mass is 1250 g/mol. The molecule has 26 heteroatoms. The second kappa shape index (κ2) is 35.0. The summed E-state index contributed by atoms with van der Waals surface area (Å²) in [5.41, 5.74) is 18.9. The summed E-state index contributed by atoms with van der Waals surface area (Å²) in [5.74, 6) is -4.83. The van der Waals surface area contributed by atoms with Crippen LogP contribution < -0.4 is 65.2 Å². The Kier molecular flexibility index (Phi) is 27.7. The maximum Gasteiger partial charge on any atom is 0.336 e. The second-order valence-electron chi connectivity index (χ2n) is 22.9. The lowest BCUT2D eigenvalue weighted by atomic mass is 9.90. The van der Waals surface area contributed by atoms with Crippen LogP contribution in [0.25, 0.3) is 33.4 Å². The van der Waals surface area contributed by atoms with E-state index in [9.17, 15) is 58.5 Å². The van der Waals surface area contributed by atoms with E-state index in [-0.39, 0.29) is 103 Å². The van der Waals surface area contributed by atoms with Gasteiger partial charge >= 0.3 is 11.9 Å². The summed E-state index contributed by atoms with van der Waals surface area (Å²) in [6, 6.07) is 18.1. The summed E-state index contributed by atoms with van der Waals surface area (Å²) in [5, 5.41) is 53.7. The predicted octanol–water partition coefficient (Wildman–Crippen LogP) is 4.49. The summed E-state index contributed by atoms with van der Waals surface area (Å²) < 4.78 is 5.94. The first kappa shape index (κ1) is 70.6. The molecule has 0 aromatic heterocycles. The van der Waals surface area contributed by atoms with E-state index in [1.807, 2.05) is 44.2 Å². The number of phenolic OH excluding ortho intramolecular Hbond substituents is 1. The first-order valence-corrected chi connectivity index (χ1v) is 30.1. The number of carbonyl (C=O) groups is 8. The molecule has 7 atom stereocenters. The number of fused-ring (bicyclic) bond motifs is 2. The molecule has 480 valence electrons. The van der Waals surface area contributed by atoms with Crippen LogP contribution in [0.5, 0.6) is 5.75 Å². The lowest BCUT2D eigenvalue weighted by Gasteiger charge is -2.25. The second-order valence-corrected chi connectivity index (χ2v) is 23.3. The van der Waals surface area contributed by atoms with Crippen molar-refractivity contribution in [3.05, 3.63) is 106 Å². The van der Waals surface area contributed by atoms with Crippen LogP contribution in [0.1, 0.15) is 128 Å².